The molecule has 1 aliphatic carbocycles. The summed E-state index contributed by atoms with van der Waals surface area (Å²) in [5, 5.41) is 2.43. The maximum Gasteiger partial charge on any atom is 0.164 e. The van der Waals surface area contributed by atoms with Crippen molar-refractivity contribution in [3.05, 3.63) is 126 Å². The Bertz CT molecular complexity index is 1990. The Labute approximate surface area is 252 Å². The van der Waals surface area contributed by atoms with E-state index in [2.05, 4.69) is 113 Å². The SMILES string of the molecule is CC1(C)CCC(C)(C)c2cc(-c3nc(-c4ccc(-c5ccc6ccccc6c5)cc4)nc(-c4cccc(F)c4)n3)ccc21. The zero-order valence-corrected chi connectivity index (χ0v) is 25.0. The van der Waals surface area contributed by atoms with Crippen molar-refractivity contribution in [2.24, 2.45) is 0 Å². The second-order valence-corrected chi connectivity index (χ2v) is 13.0. The van der Waals surface area contributed by atoms with Crippen LogP contribution in [0.15, 0.2) is 109 Å². The van der Waals surface area contributed by atoms with Crippen LogP contribution in [0.5, 0.6) is 0 Å². The summed E-state index contributed by atoms with van der Waals surface area (Å²) in [7, 11) is 0. The molecule has 0 radical (unpaired) electrons. The van der Waals surface area contributed by atoms with Crippen LogP contribution < -0.4 is 0 Å². The maximum atomic E-state index is 14.3. The standard InChI is InChI=1S/C39H34FN3/c1-38(2)20-21-39(3,4)34-24-31(18-19-33(34)38)37-42-35(41-36(43-37)30-10-7-11-32(40)23-30)27-15-12-26(13-16-27)29-17-14-25-8-5-6-9-28(25)22-29/h5-19,22-24H,20-21H2,1-4H3. The fourth-order valence-electron chi connectivity index (χ4n) is 6.30. The van der Waals surface area contributed by atoms with E-state index < -0.39 is 0 Å². The molecule has 3 nitrogen and oxygen atoms in total. The van der Waals surface area contributed by atoms with E-state index in [9.17, 15) is 4.39 Å². The number of nitrogens with zero attached hydrogens (tertiary/aromatic N) is 3. The van der Waals surface area contributed by atoms with Gasteiger partial charge < -0.3 is 0 Å². The van der Waals surface area contributed by atoms with Crippen LogP contribution in [0.1, 0.15) is 51.7 Å². The van der Waals surface area contributed by atoms with Crippen LogP contribution in [0.4, 0.5) is 4.39 Å². The van der Waals surface area contributed by atoms with Gasteiger partial charge in [-0.05, 0) is 81.0 Å². The van der Waals surface area contributed by atoms with Crippen LogP contribution in [0, 0.1) is 5.82 Å². The van der Waals surface area contributed by atoms with E-state index in [0.717, 1.165) is 35.1 Å². The highest BCUT2D eigenvalue weighted by molar-refractivity contribution is 5.87. The van der Waals surface area contributed by atoms with Crippen molar-refractivity contribution < 1.29 is 4.39 Å². The molecule has 0 atom stereocenters. The molecule has 7 rings (SSSR count). The minimum Gasteiger partial charge on any atom is -0.208 e. The Hall–Kier alpha value is -4.70. The van der Waals surface area contributed by atoms with Crippen molar-refractivity contribution in [2.45, 2.75) is 51.4 Å². The minimum atomic E-state index is -0.321. The number of aromatic nitrogens is 3. The predicted octanol–water partition coefficient (Wildman–Crippen LogP) is 10.2. The molecule has 0 saturated heterocycles. The maximum absolute atomic E-state index is 14.3. The molecule has 1 heterocycles. The smallest absolute Gasteiger partial charge is 0.164 e. The van der Waals surface area contributed by atoms with Crippen LogP contribution in [0.3, 0.4) is 0 Å². The Morgan fingerprint density at radius 3 is 1.72 bits per heavy atom. The highest BCUT2D eigenvalue weighted by atomic mass is 19.1. The summed E-state index contributed by atoms with van der Waals surface area (Å²) in [5.41, 5.74) is 7.62. The number of hydrogen-bond donors (Lipinski definition) is 0. The molecule has 0 amide bonds. The minimum absolute atomic E-state index is 0.0563. The van der Waals surface area contributed by atoms with Crippen molar-refractivity contribution in [1.29, 1.82) is 0 Å². The van der Waals surface area contributed by atoms with E-state index in [1.54, 1.807) is 6.07 Å². The molecule has 1 aromatic heterocycles. The largest absolute Gasteiger partial charge is 0.208 e. The van der Waals surface area contributed by atoms with E-state index in [4.69, 9.17) is 15.0 Å². The van der Waals surface area contributed by atoms with Gasteiger partial charge in [0.25, 0.3) is 0 Å². The third-order valence-corrected chi connectivity index (χ3v) is 9.06. The first-order chi connectivity index (χ1) is 20.7. The topological polar surface area (TPSA) is 38.7 Å². The lowest BCUT2D eigenvalue weighted by atomic mass is 9.63. The molecule has 212 valence electrons. The Balaban J connectivity index is 1.33. The van der Waals surface area contributed by atoms with Crippen molar-refractivity contribution >= 4 is 10.8 Å². The molecule has 43 heavy (non-hydrogen) atoms. The molecule has 0 spiro atoms. The molecule has 0 N–H and O–H groups in total. The van der Waals surface area contributed by atoms with E-state index in [-0.39, 0.29) is 16.6 Å². The molecule has 4 heteroatoms. The van der Waals surface area contributed by atoms with Crippen molar-refractivity contribution in [2.75, 3.05) is 0 Å². The van der Waals surface area contributed by atoms with Crippen molar-refractivity contribution in [3.8, 4) is 45.3 Å². The third-order valence-electron chi connectivity index (χ3n) is 9.06. The molecule has 5 aromatic carbocycles. The molecule has 0 saturated carbocycles. The van der Waals surface area contributed by atoms with Gasteiger partial charge in [-0.2, -0.15) is 0 Å². The second kappa shape index (κ2) is 10.2. The molecule has 0 unspecified atom stereocenters. The second-order valence-electron chi connectivity index (χ2n) is 13.0. The first-order valence-electron chi connectivity index (χ1n) is 14.9. The average Bonchev–Trinajstić information content (AvgIpc) is 3.03. The van der Waals surface area contributed by atoms with Crippen LogP contribution in [0.25, 0.3) is 56.1 Å². The van der Waals surface area contributed by atoms with Gasteiger partial charge in [0.15, 0.2) is 17.5 Å². The highest BCUT2D eigenvalue weighted by Crippen LogP contribution is 2.46. The Kier molecular flexibility index (Phi) is 6.46. The van der Waals surface area contributed by atoms with E-state index >= 15 is 0 Å². The zero-order valence-electron chi connectivity index (χ0n) is 25.0. The summed E-state index contributed by atoms with van der Waals surface area (Å²) in [5.74, 6) is 1.28. The monoisotopic (exact) mass is 563 g/mol. The Morgan fingerprint density at radius 1 is 0.465 bits per heavy atom. The summed E-state index contributed by atoms with van der Waals surface area (Å²) in [4.78, 5) is 14.7. The van der Waals surface area contributed by atoms with Gasteiger partial charge in [0.05, 0.1) is 0 Å². The van der Waals surface area contributed by atoms with Crippen LogP contribution in [0.2, 0.25) is 0 Å². The molecule has 0 bridgehead atoms. The van der Waals surface area contributed by atoms with Gasteiger partial charge in [0, 0.05) is 16.7 Å². The van der Waals surface area contributed by atoms with Crippen molar-refractivity contribution in [1.82, 2.24) is 15.0 Å². The van der Waals surface area contributed by atoms with Gasteiger partial charge in [0.1, 0.15) is 5.82 Å². The van der Waals surface area contributed by atoms with E-state index in [0.29, 0.717) is 23.0 Å². The fourth-order valence-corrected chi connectivity index (χ4v) is 6.30. The lowest BCUT2D eigenvalue weighted by Gasteiger charge is -2.42. The summed E-state index contributed by atoms with van der Waals surface area (Å²) < 4.78 is 14.3. The van der Waals surface area contributed by atoms with Crippen molar-refractivity contribution in [3.63, 3.8) is 0 Å². The molecule has 1 aliphatic rings. The number of hydrogen-bond acceptors (Lipinski definition) is 3. The van der Waals surface area contributed by atoms with E-state index in [1.807, 2.05) is 6.07 Å². The Morgan fingerprint density at radius 2 is 1.02 bits per heavy atom. The number of halogens is 1. The zero-order chi connectivity index (χ0) is 29.8. The lowest BCUT2D eigenvalue weighted by molar-refractivity contribution is 0.332. The number of benzene rings is 5. The van der Waals surface area contributed by atoms with Crippen LogP contribution in [-0.4, -0.2) is 15.0 Å². The molecule has 0 fully saturated rings. The van der Waals surface area contributed by atoms with Gasteiger partial charge in [0.2, 0.25) is 0 Å². The van der Waals surface area contributed by atoms with Gasteiger partial charge in [-0.25, -0.2) is 19.3 Å². The quantitative estimate of drug-likeness (QED) is 0.214. The first-order valence-corrected chi connectivity index (χ1v) is 14.9. The normalized spacial score (nSPS) is 15.3. The summed E-state index contributed by atoms with van der Waals surface area (Å²) in [6.45, 7) is 9.29. The summed E-state index contributed by atoms with van der Waals surface area (Å²) in [6, 6.07) is 36.3. The van der Waals surface area contributed by atoms with Crippen LogP contribution >= 0.6 is 0 Å². The summed E-state index contributed by atoms with van der Waals surface area (Å²) in [6.07, 6.45) is 2.28. The average molecular weight is 564 g/mol. The third kappa shape index (κ3) is 5.12. The van der Waals surface area contributed by atoms with Gasteiger partial charge in [-0.3, -0.25) is 0 Å². The van der Waals surface area contributed by atoms with Crippen LogP contribution in [-0.2, 0) is 10.8 Å². The molecular weight excluding hydrogens is 529 g/mol. The molecule has 6 aromatic rings. The lowest BCUT2D eigenvalue weighted by Crippen LogP contribution is -2.33. The first kappa shape index (κ1) is 27.2. The summed E-state index contributed by atoms with van der Waals surface area (Å²) >= 11 is 0. The van der Waals surface area contributed by atoms with E-state index in [1.165, 1.54) is 34.0 Å². The number of fused-ring (bicyclic) bond motifs is 2. The fraction of sp³-hybridized carbons (Fsp3) is 0.205. The predicted molar refractivity (Wildman–Crippen MR) is 174 cm³/mol. The van der Waals surface area contributed by atoms with Gasteiger partial charge in [-0.1, -0.05) is 113 Å². The molecular formula is C39H34FN3. The molecule has 0 aliphatic heterocycles. The van der Waals surface area contributed by atoms with Gasteiger partial charge >= 0.3 is 0 Å². The highest BCUT2D eigenvalue weighted by Gasteiger charge is 2.37. The van der Waals surface area contributed by atoms with Gasteiger partial charge in [-0.15, -0.1) is 0 Å². The number of rotatable bonds is 4.